The maximum absolute atomic E-state index is 15.1. The minimum atomic E-state index is -2.71. The number of ether oxygens (including phenoxy) is 2. The number of nitrogens with zero attached hydrogens (tertiary/aromatic N) is 1. The molecule has 0 unspecified atom stereocenters. The first-order valence-corrected chi connectivity index (χ1v) is 12.9. The predicted octanol–water partition coefficient (Wildman–Crippen LogP) is 5.03. The monoisotopic (exact) mass is 567 g/mol. The number of methoxy groups -OCH3 is 1. The minimum absolute atomic E-state index is 0.0481. The second-order valence-electron chi connectivity index (χ2n) is 10.4. The number of Topliss-reactive ketones (excluding diaryl/α,β-unsaturated/α-hetero) is 1. The Hall–Kier alpha value is -3.47. The Balaban J connectivity index is 1.88. The van der Waals surface area contributed by atoms with Gasteiger partial charge >= 0.3 is 5.97 Å². The highest BCUT2D eigenvalue weighted by Crippen LogP contribution is 2.35. The number of hydrogen-bond donors (Lipinski definition) is 1. The van der Waals surface area contributed by atoms with Gasteiger partial charge in [0.2, 0.25) is 5.91 Å². The van der Waals surface area contributed by atoms with E-state index >= 15 is 8.78 Å². The average Bonchev–Trinajstić information content (AvgIpc) is 2.86. The first kappa shape index (κ1) is 31.1. The molecule has 3 rings (SSSR count). The SMILES string of the molecule is COc1ccc2c(c1)CCN(C(=O)CCCC(=O)O)[C@H]2C(=O)Cc1cc(F)c(C(C)(C)COCC(F)F)c(F)c1. The highest BCUT2D eigenvalue weighted by Gasteiger charge is 2.36. The van der Waals surface area contributed by atoms with Crippen LogP contribution in [-0.4, -0.2) is 61.0 Å². The summed E-state index contributed by atoms with van der Waals surface area (Å²) in [5, 5.41) is 8.91. The summed E-state index contributed by atoms with van der Waals surface area (Å²) in [4.78, 5) is 39.0. The zero-order valence-electron chi connectivity index (χ0n) is 22.6. The molecule has 1 aliphatic rings. The number of aliphatic carboxylic acids is 1. The van der Waals surface area contributed by atoms with E-state index in [-0.39, 0.29) is 55.9 Å². The number of rotatable bonds is 13. The van der Waals surface area contributed by atoms with Crippen LogP contribution in [0.25, 0.3) is 0 Å². The van der Waals surface area contributed by atoms with Crippen LogP contribution in [0.5, 0.6) is 5.75 Å². The molecule has 2 aromatic carbocycles. The molecule has 0 radical (unpaired) electrons. The van der Waals surface area contributed by atoms with Crippen LogP contribution in [0.15, 0.2) is 30.3 Å². The summed E-state index contributed by atoms with van der Waals surface area (Å²) >= 11 is 0. The van der Waals surface area contributed by atoms with E-state index in [0.29, 0.717) is 17.7 Å². The van der Waals surface area contributed by atoms with E-state index in [0.717, 1.165) is 17.7 Å². The molecule has 1 heterocycles. The molecular formula is C29H33F4NO6. The van der Waals surface area contributed by atoms with Crippen molar-refractivity contribution in [2.24, 2.45) is 0 Å². The van der Waals surface area contributed by atoms with Crippen LogP contribution in [0.2, 0.25) is 0 Å². The summed E-state index contributed by atoms with van der Waals surface area (Å²) in [5.74, 6) is -3.20. The fourth-order valence-corrected chi connectivity index (χ4v) is 5.03. The number of carboxylic acids is 1. The van der Waals surface area contributed by atoms with Gasteiger partial charge in [-0.1, -0.05) is 19.9 Å². The quantitative estimate of drug-likeness (QED) is 0.342. The average molecular weight is 568 g/mol. The number of carbonyl (C=O) groups is 3. The third-order valence-electron chi connectivity index (χ3n) is 6.85. The van der Waals surface area contributed by atoms with Crippen LogP contribution >= 0.6 is 0 Å². The highest BCUT2D eigenvalue weighted by atomic mass is 19.3. The Morgan fingerprint density at radius 2 is 1.77 bits per heavy atom. The molecule has 2 aromatic rings. The lowest BCUT2D eigenvalue weighted by atomic mass is 9.83. The van der Waals surface area contributed by atoms with E-state index in [4.69, 9.17) is 14.6 Å². The van der Waals surface area contributed by atoms with E-state index in [1.807, 2.05) is 0 Å². The number of fused-ring (bicyclic) bond motifs is 1. The van der Waals surface area contributed by atoms with Crippen molar-refractivity contribution >= 4 is 17.7 Å². The lowest BCUT2D eigenvalue weighted by Crippen LogP contribution is -2.44. The summed E-state index contributed by atoms with van der Waals surface area (Å²) in [6, 6.07) is 6.14. The molecule has 1 aliphatic heterocycles. The predicted molar refractivity (Wildman–Crippen MR) is 138 cm³/mol. The summed E-state index contributed by atoms with van der Waals surface area (Å²) in [6.07, 6.45) is -2.81. The number of carboxylic acid groups (broad SMARTS) is 1. The van der Waals surface area contributed by atoms with E-state index in [1.54, 1.807) is 18.2 Å². The van der Waals surface area contributed by atoms with Crippen molar-refractivity contribution in [3.8, 4) is 5.75 Å². The Morgan fingerprint density at radius 3 is 2.38 bits per heavy atom. The Bertz CT molecular complexity index is 1230. The number of benzene rings is 2. The fourth-order valence-electron chi connectivity index (χ4n) is 5.03. The van der Waals surface area contributed by atoms with Crippen molar-refractivity contribution in [3.05, 3.63) is 64.2 Å². The molecule has 7 nitrogen and oxygen atoms in total. The molecule has 218 valence electrons. The van der Waals surface area contributed by atoms with Gasteiger partial charge in [-0.25, -0.2) is 17.6 Å². The normalized spacial score (nSPS) is 15.2. The summed E-state index contributed by atoms with van der Waals surface area (Å²) in [5.41, 5.74) is -0.189. The standard InChI is InChI=1S/C29H33F4NO6/c1-29(2,16-40-15-24(32)33)27-21(30)11-17(12-22(27)31)13-23(35)28-20-8-7-19(39-3)14-18(20)9-10-34(28)25(36)5-4-6-26(37)38/h7-8,11-12,14,24,28H,4-6,9-10,13,15-16H2,1-3H3,(H,37,38)/t28-/m1/s1. The smallest absolute Gasteiger partial charge is 0.303 e. The van der Waals surface area contributed by atoms with Gasteiger partial charge in [0, 0.05) is 36.8 Å². The van der Waals surface area contributed by atoms with Crippen LogP contribution in [0.1, 0.15) is 61.4 Å². The zero-order chi connectivity index (χ0) is 29.6. The van der Waals surface area contributed by atoms with Crippen molar-refractivity contribution < 1.29 is 46.5 Å². The van der Waals surface area contributed by atoms with Gasteiger partial charge in [-0.05, 0) is 53.8 Å². The molecule has 0 bridgehead atoms. The topological polar surface area (TPSA) is 93.1 Å². The Labute approximate surface area is 230 Å². The molecule has 0 spiro atoms. The van der Waals surface area contributed by atoms with Crippen LogP contribution in [-0.2, 0) is 37.4 Å². The molecular weight excluding hydrogens is 534 g/mol. The molecule has 1 N–H and O–H groups in total. The largest absolute Gasteiger partial charge is 0.497 e. The molecule has 0 aromatic heterocycles. The molecule has 0 saturated carbocycles. The number of hydrogen-bond acceptors (Lipinski definition) is 5. The van der Waals surface area contributed by atoms with Crippen LogP contribution < -0.4 is 4.74 Å². The number of halogens is 4. The number of ketones is 1. The van der Waals surface area contributed by atoms with Gasteiger partial charge in [0.05, 0.1) is 13.7 Å². The first-order valence-electron chi connectivity index (χ1n) is 12.9. The minimum Gasteiger partial charge on any atom is -0.497 e. The van der Waals surface area contributed by atoms with Crippen molar-refractivity contribution in [3.63, 3.8) is 0 Å². The van der Waals surface area contributed by atoms with Gasteiger partial charge < -0.3 is 19.5 Å². The number of alkyl halides is 2. The molecule has 1 atom stereocenters. The molecule has 0 fully saturated rings. The number of carbonyl (C=O) groups excluding carboxylic acids is 2. The van der Waals surface area contributed by atoms with Gasteiger partial charge in [-0.15, -0.1) is 0 Å². The maximum atomic E-state index is 15.1. The Morgan fingerprint density at radius 1 is 1.10 bits per heavy atom. The van der Waals surface area contributed by atoms with Gasteiger partial charge in [-0.2, -0.15) is 0 Å². The molecule has 11 heteroatoms. The lowest BCUT2D eigenvalue weighted by Gasteiger charge is -2.37. The fraction of sp³-hybridized carbons (Fsp3) is 0.483. The summed E-state index contributed by atoms with van der Waals surface area (Å²) in [7, 11) is 1.50. The van der Waals surface area contributed by atoms with Gasteiger partial charge in [0.1, 0.15) is 30.0 Å². The molecule has 40 heavy (non-hydrogen) atoms. The van der Waals surface area contributed by atoms with Crippen LogP contribution in [0.4, 0.5) is 17.6 Å². The molecule has 0 saturated heterocycles. The third kappa shape index (κ3) is 7.59. The van der Waals surface area contributed by atoms with E-state index in [1.165, 1.54) is 25.9 Å². The first-order chi connectivity index (χ1) is 18.8. The van der Waals surface area contributed by atoms with Gasteiger partial charge in [0.15, 0.2) is 5.78 Å². The second-order valence-corrected chi connectivity index (χ2v) is 10.4. The zero-order valence-corrected chi connectivity index (χ0v) is 22.6. The summed E-state index contributed by atoms with van der Waals surface area (Å²) < 4.78 is 65.3. The van der Waals surface area contributed by atoms with E-state index < -0.39 is 47.9 Å². The number of amides is 1. The van der Waals surface area contributed by atoms with Crippen molar-refractivity contribution in [2.45, 2.75) is 63.8 Å². The third-order valence-corrected chi connectivity index (χ3v) is 6.85. The van der Waals surface area contributed by atoms with Crippen LogP contribution in [0.3, 0.4) is 0 Å². The van der Waals surface area contributed by atoms with Gasteiger partial charge in [-0.3, -0.25) is 14.4 Å². The Kier molecular flexibility index (Phi) is 10.3. The molecule has 1 amide bonds. The van der Waals surface area contributed by atoms with E-state index in [2.05, 4.69) is 0 Å². The van der Waals surface area contributed by atoms with Gasteiger partial charge in [0.25, 0.3) is 6.43 Å². The van der Waals surface area contributed by atoms with Crippen molar-refractivity contribution in [1.82, 2.24) is 4.90 Å². The maximum Gasteiger partial charge on any atom is 0.303 e. The van der Waals surface area contributed by atoms with Crippen molar-refractivity contribution in [2.75, 3.05) is 26.9 Å². The second kappa shape index (κ2) is 13.3. The lowest BCUT2D eigenvalue weighted by molar-refractivity contribution is -0.141. The van der Waals surface area contributed by atoms with Crippen molar-refractivity contribution in [1.29, 1.82) is 0 Å². The van der Waals surface area contributed by atoms with Crippen LogP contribution in [0, 0.1) is 11.6 Å². The van der Waals surface area contributed by atoms with E-state index in [9.17, 15) is 23.2 Å². The molecule has 0 aliphatic carbocycles. The highest BCUT2D eigenvalue weighted by molar-refractivity contribution is 5.92. The summed E-state index contributed by atoms with van der Waals surface area (Å²) in [6.45, 7) is 1.93.